The third kappa shape index (κ3) is 3.97. The van der Waals surface area contributed by atoms with Crippen molar-refractivity contribution in [1.29, 1.82) is 0 Å². The lowest BCUT2D eigenvalue weighted by atomic mass is 9.82. The predicted molar refractivity (Wildman–Crippen MR) is 108 cm³/mol. The molecular weight excluding hydrogens is 352 g/mol. The summed E-state index contributed by atoms with van der Waals surface area (Å²) in [5.74, 6) is 1.79. The highest BCUT2D eigenvalue weighted by molar-refractivity contribution is 5.86. The highest BCUT2D eigenvalue weighted by Crippen LogP contribution is 2.28. The predicted octanol–water partition coefficient (Wildman–Crippen LogP) is 3.83. The van der Waals surface area contributed by atoms with Gasteiger partial charge in [0.1, 0.15) is 5.78 Å². The summed E-state index contributed by atoms with van der Waals surface area (Å²) in [7, 11) is 4.24. The molecule has 3 aromatic rings. The van der Waals surface area contributed by atoms with E-state index >= 15 is 0 Å². The van der Waals surface area contributed by atoms with Crippen LogP contribution >= 0.6 is 0 Å². The first-order valence-electron chi connectivity index (χ1n) is 9.86. The van der Waals surface area contributed by atoms with Gasteiger partial charge < -0.3 is 9.32 Å². The van der Waals surface area contributed by atoms with Crippen LogP contribution in [0.2, 0.25) is 0 Å². The normalized spacial score (nSPS) is 20.0. The summed E-state index contributed by atoms with van der Waals surface area (Å²) >= 11 is 0. The lowest BCUT2D eigenvalue weighted by Crippen LogP contribution is -2.34. The molecule has 28 heavy (non-hydrogen) atoms. The fourth-order valence-electron chi connectivity index (χ4n) is 4.04. The SMILES string of the molecule is Cc1ncc(-c2cnc3cnc(CC(=O)C4CCC(N(C)C)CC4)cc3c2)o1. The summed E-state index contributed by atoms with van der Waals surface area (Å²) in [5, 5.41) is 0.959. The molecule has 0 amide bonds. The van der Waals surface area contributed by atoms with E-state index in [0.717, 1.165) is 47.8 Å². The lowest BCUT2D eigenvalue weighted by molar-refractivity contribution is -0.123. The number of hydrogen-bond acceptors (Lipinski definition) is 6. The van der Waals surface area contributed by atoms with Crippen LogP contribution in [0, 0.1) is 12.8 Å². The van der Waals surface area contributed by atoms with Gasteiger partial charge in [0.25, 0.3) is 0 Å². The quantitative estimate of drug-likeness (QED) is 0.672. The van der Waals surface area contributed by atoms with Crippen molar-refractivity contribution < 1.29 is 9.21 Å². The maximum atomic E-state index is 12.8. The molecule has 0 unspecified atom stereocenters. The van der Waals surface area contributed by atoms with Crippen molar-refractivity contribution in [1.82, 2.24) is 19.9 Å². The highest BCUT2D eigenvalue weighted by Gasteiger charge is 2.27. The Labute approximate surface area is 165 Å². The van der Waals surface area contributed by atoms with E-state index in [1.165, 1.54) is 0 Å². The molecule has 0 spiro atoms. The van der Waals surface area contributed by atoms with E-state index in [1.807, 2.05) is 19.1 Å². The molecule has 0 radical (unpaired) electrons. The van der Waals surface area contributed by atoms with Crippen molar-refractivity contribution in [3.8, 4) is 11.3 Å². The van der Waals surface area contributed by atoms with Gasteiger partial charge in [-0.2, -0.15) is 0 Å². The van der Waals surface area contributed by atoms with Gasteiger partial charge in [0.2, 0.25) is 0 Å². The van der Waals surface area contributed by atoms with Gasteiger partial charge in [0, 0.05) is 48.1 Å². The highest BCUT2D eigenvalue weighted by atomic mass is 16.4. The Bertz CT molecular complexity index is 987. The molecule has 1 aliphatic rings. The maximum absolute atomic E-state index is 12.8. The van der Waals surface area contributed by atoms with Crippen LogP contribution in [-0.4, -0.2) is 45.8 Å². The molecule has 0 aromatic carbocycles. The third-order valence-electron chi connectivity index (χ3n) is 5.77. The van der Waals surface area contributed by atoms with E-state index in [2.05, 4.69) is 33.9 Å². The van der Waals surface area contributed by atoms with Crippen molar-refractivity contribution in [3.63, 3.8) is 0 Å². The van der Waals surface area contributed by atoms with E-state index < -0.39 is 0 Å². The lowest BCUT2D eigenvalue weighted by Gasteiger charge is -2.31. The van der Waals surface area contributed by atoms with Crippen LogP contribution in [-0.2, 0) is 11.2 Å². The van der Waals surface area contributed by atoms with Crippen molar-refractivity contribution in [2.45, 2.75) is 45.1 Å². The summed E-state index contributed by atoms with van der Waals surface area (Å²) in [6.07, 6.45) is 9.75. The summed E-state index contributed by atoms with van der Waals surface area (Å²) in [6, 6.07) is 4.59. The second-order valence-electron chi connectivity index (χ2n) is 7.95. The Morgan fingerprint density at radius 1 is 1.07 bits per heavy atom. The van der Waals surface area contributed by atoms with Gasteiger partial charge in [-0.25, -0.2) is 4.98 Å². The Morgan fingerprint density at radius 3 is 2.54 bits per heavy atom. The van der Waals surface area contributed by atoms with Crippen LogP contribution in [0.3, 0.4) is 0 Å². The Kier molecular flexibility index (Phi) is 5.22. The molecule has 0 aliphatic heterocycles. The van der Waals surface area contributed by atoms with Gasteiger partial charge in [-0.15, -0.1) is 0 Å². The number of hydrogen-bond donors (Lipinski definition) is 0. The van der Waals surface area contributed by atoms with Gasteiger partial charge >= 0.3 is 0 Å². The van der Waals surface area contributed by atoms with Gasteiger partial charge in [0.05, 0.1) is 17.9 Å². The monoisotopic (exact) mass is 378 g/mol. The zero-order valence-electron chi connectivity index (χ0n) is 16.7. The Morgan fingerprint density at radius 2 is 1.86 bits per heavy atom. The minimum Gasteiger partial charge on any atom is -0.441 e. The topological polar surface area (TPSA) is 72.1 Å². The number of carbonyl (C=O) groups is 1. The number of Topliss-reactive ketones (excluding diaryl/α,β-unsaturated/α-hetero) is 1. The number of rotatable bonds is 5. The smallest absolute Gasteiger partial charge is 0.191 e. The molecule has 0 bridgehead atoms. The van der Waals surface area contributed by atoms with Crippen molar-refractivity contribution in [3.05, 3.63) is 42.3 Å². The zero-order valence-corrected chi connectivity index (χ0v) is 16.7. The molecule has 3 aromatic heterocycles. The molecular formula is C22H26N4O2. The number of ketones is 1. The van der Waals surface area contributed by atoms with Crippen molar-refractivity contribution >= 4 is 16.7 Å². The van der Waals surface area contributed by atoms with Crippen LogP contribution in [0.4, 0.5) is 0 Å². The number of aromatic nitrogens is 3. The largest absolute Gasteiger partial charge is 0.441 e. The molecule has 0 N–H and O–H groups in total. The van der Waals surface area contributed by atoms with Crippen LogP contribution in [0.5, 0.6) is 0 Å². The molecule has 6 nitrogen and oxygen atoms in total. The first kappa shape index (κ1) is 18.7. The molecule has 1 fully saturated rings. The molecule has 1 aliphatic carbocycles. The molecule has 1 saturated carbocycles. The van der Waals surface area contributed by atoms with Crippen LogP contribution in [0.1, 0.15) is 37.3 Å². The van der Waals surface area contributed by atoms with E-state index in [9.17, 15) is 4.79 Å². The summed E-state index contributed by atoms with van der Waals surface area (Å²) in [5.41, 5.74) is 2.49. The average Bonchev–Trinajstić information content (AvgIpc) is 3.14. The Hall–Kier alpha value is -2.60. The van der Waals surface area contributed by atoms with E-state index in [1.54, 1.807) is 18.6 Å². The minimum atomic E-state index is 0.162. The number of fused-ring (bicyclic) bond motifs is 1. The van der Waals surface area contributed by atoms with E-state index in [0.29, 0.717) is 29.9 Å². The summed E-state index contributed by atoms with van der Waals surface area (Å²) in [6.45, 7) is 1.82. The van der Waals surface area contributed by atoms with Crippen LogP contribution in [0.25, 0.3) is 22.2 Å². The minimum absolute atomic E-state index is 0.162. The van der Waals surface area contributed by atoms with Gasteiger partial charge in [0.15, 0.2) is 11.7 Å². The summed E-state index contributed by atoms with van der Waals surface area (Å²) in [4.78, 5) is 28.1. The molecule has 4 rings (SSSR count). The first-order valence-corrected chi connectivity index (χ1v) is 9.86. The van der Waals surface area contributed by atoms with Crippen molar-refractivity contribution in [2.75, 3.05) is 14.1 Å². The van der Waals surface area contributed by atoms with E-state index in [-0.39, 0.29) is 5.92 Å². The second kappa shape index (κ2) is 7.80. The maximum Gasteiger partial charge on any atom is 0.191 e. The number of nitrogens with zero attached hydrogens (tertiary/aromatic N) is 4. The standard InChI is InChI=1S/C22H26N4O2/c1-14-23-13-22(28-14)17-8-16-9-18(24-12-20(16)25-11-17)10-21(27)15-4-6-19(7-5-15)26(2)3/h8-9,11-13,15,19H,4-7,10H2,1-3H3. The number of pyridine rings is 2. The number of oxazole rings is 1. The number of carbonyl (C=O) groups excluding carboxylic acids is 1. The molecule has 146 valence electrons. The first-order chi connectivity index (χ1) is 13.5. The zero-order chi connectivity index (χ0) is 19.7. The van der Waals surface area contributed by atoms with Gasteiger partial charge in [-0.3, -0.25) is 14.8 Å². The van der Waals surface area contributed by atoms with Crippen LogP contribution in [0.15, 0.2) is 35.1 Å². The average molecular weight is 378 g/mol. The molecule has 6 heteroatoms. The van der Waals surface area contributed by atoms with Crippen molar-refractivity contribution in [2.24, 2.45) is 5.92 Å². The van der Waals surface area contributed by atoms with Gasteiger partial charge in [-0.05, 0) is 51.9 Å². The van der Waals surface area contributed by atoms with E-state index in [4.69, 9.17) is 4.42 Å². The molecule has 3 heterocycles. The van der Waals surface area contributed by atoms with Crippen LogP contribution < -0.4 is 0 Å². The fraction of sp³-hybridized carbons (Fsp3) is 0.455. The summed E-state index contributed by atoms with van der Waals surface area (Å²) < 4.78 is 5.59. The molecule has 0 atom stereocenters. The molecule has 0 saturated heterocycles. The van der Waals surface area contributed by atoms with Gasteiger partial charge in [-0.1, -0.05) is 0 Å². The Balaban J connectivity index is 1.49. The fourth-order valence-corrected chi connectivity index (χ4v) is 4.04. The third-order valence-corrected chi connectivity index (χ3v) is 5.77. The second-order valence-corrected chi connectivity index (χ2v) is 7.95. The number of aryl methyl sites for hydroxylation is 1.